The summed E-state index contributed by atoms with van der Waals surface area (Å²) >= 11 is 0. The highest BCUT2D eigenvalue weighted by Gasteiger charge is 2.19. The van der Waals surface area contributed by atoms with Crippen LogP contribution in [0.1, 0.15) is 30.4 Å². The number of carbonyl (C=O) groups is 2. The van der Waals surface area contributed by atoms with Gasteiger partial charge in [-0.2, -0.15) is 0 Å². The number of piperidine rings is 1. The van der Waals surface area contributed by atoms with E-state index in [-0.39, 0.29) is 11.8 Å². The molecule has 1 fully saturated rings. The second-order valence-corrected chi connectivity index (χ2v) is 6.26. The van der Waals surface area contributed by atoms with Gasteiger partial charge in [-0.05, 0) is 49.6 Å². The number of nitrogens with one attached hydrogen (secondary N) is 1. The average molecular weight is 322 g/mol. The van der Waals surface area contributed by atoms with E-state index in [1.54, 1.807) is 0 Å². The Morgan fingerprint density at radius 2 is 1.92 bits per heavy atom. The molecule has 0 aliphatic carbocycles. The Hall–Kier alpha value is -2.62. The van der Waals surface area contributed by atoms with Gasteiger partial charge in [0.1, 0.15) is 0 Å². The maximum absolute atomic E-state index is 12.2. The molecule has 1 aliphatic heterocycles. The first-order valence-corrected chi connectivity index (χ1v) is 8.38. The number of hydrogen-bond donors (Lipinski definition) is 1. The quantitative estimate of drug-likeness (QED) is 0.933. The van der Waals surface area contributed by atoms with E-state index in [2.05, 4.69) is 5.32 Å². The highest BCUT2D eigenvalue weighted by molar-refractivity contribution is 5.95. The molecule has 24 heavy (non-hydrogen) atoms. The van der Waals surface area contributed by atoms with Crippen molar-refractivity contribution in [2.75, 3.05) is 16.8 Å². The molecule has 1 N–H and O–H groups in total. The average Bonchev–Trinajstić information content (AvgIpc) is 2.56. The minimum absolute atomic E-state index is 0.0394. The molecule has 0 spiro atoms. The van der Waals surface area contributed by atoms with Crippen LogP contribution in [0, 0.1) is 6.92 Å². The van der Waals surface area contributed by atoms with Crippen molar-refractivity contribution in [2.24, 2.45) is 0 Å². The van der Waals surface area contributed by atoms with Crippen LogP contribution in [0.2, 0.25) is 0 Å². The van der Waals surface area contributed by atoms with Crippen LogP contribution in [0.4, 0.5) is 11.4 Å². The van der Waals surface area contributed by atoms with Gasteiger partial charge < -0.3 is 10.2 Å². The van der Waals surface area contributed by atoms with Crippen LogP contribution < -0.4 is 10.2 Å². The Balaban J connectivity index is 1.61. The lowest BCUT2D eigenvalue weighted by molar-refractivity contribution is -0.119. The first-order valence-electron chi connectivity index (χ1n) is 8.38. The molecular formula is C20H22N2O2. The van der Waals surface area contributed by atoms with Crippen molar-refractivity contribution in [1.82, 2.24) is 0 Å². The van der Waals surface area contributed by atoms with Gasteiger partial charge in [0.15, 0.2) is 0 Å². The predicted octanol–water partition coefficient (Wildman–Crippen LogP) is 3.69. The van der Waals surface area contributed by atoms with Gasteiger partial charge in [-0.1, -0.05) is 29.8 Å². The lowest BCUT2D eigenvalue weighted by atomic mass is 10.1. The maximum Gasteiger partial charge on any atom is 0.228 e. The predicted molar refractivity (Wildman–Crippen MR) is 96.2 cm³/mol. The highest BCUT2D eigenvalue weighted by atomic mass is 16.2. The second kappa shape index (κ2) is 7.30. The minimum Gasteiger partial charge on any atom is -0.326 e. The summed E-state index contributed by atoms with van der Waals surface area (Å²) in [7, 11) is 0. The molecule has 2 amide bonds. The molecule has 0 atom stereocenters. The Bertz CT molecular complexity index is 738. The number of aryl methyl sites for hydroxylation is 1. The fourth-order valence-corrected chi connectivity index (χ4v) is 3.02. The number of carbonyl (C=O) groups excluding carboxylic acids is 2. The Morgan fingerprint density at radius 1 is 1.12 bits per heavy atom. The van der Waals surface area contributed by atoms with Crippen LogP contribution in [0.3, 0.4) is 0 Å². The molecular weight excluding hydrogens is 300 g/mol. The molecule has 0 unspecified atom stereocenters. The summed E-state index contributed by atoms with van der Waals surface area (Å²) in [5.41, 5.74) is 3.80. The van der Waals surface area contributed by atoms with E-state index in [1.165, 1.54) is 0 Å². The fraction of sp³-hybridized carbons (Fsp3) is 0.300. The van der Waals surface area contributed by atoms with Crippen molar-refractivity contribution < 1.29 is 9.59 Å². The zero-order valence-corrected chi connectivity index (χ0v) is 13.9. The SMILES string of the molecule is Cc1cccc(CC(=O)Nc2ccc(N3CCCCC3=O)cc2)c1. The second-order valence-electron chi connectivity index (χ2n) is 6.26. The van der Waals surface area contributed by atoms with Crippen molar-refractivity contribution >= 4 is 23.2 Å². The highest BCUT2D eigenvalue weighted by Crippen LogP contribution is 2.22. The van der Waals surface area contributed by atoms with Crippen molar-refractivity contribution in [3.05, 3.63) is 59.7 Å². The van der Waals surface area contributed by atoms with E-state index >= 15 is 0 Å². The summed E-state index contributed by atoms with van der Waals surface area (Å²) in [6.07, 6.45) is 2.99. The molecule has 3 rings (SSSR count). The van der Waals surface area contributed by atoms with Gasteiger partial charge in [-0.15, -0.1) is 0 Å². The van der Waals surface area contributed by atoms with Crippen molar-refractivity contribution in [1.29, 1.82) is 0 Å². The van der Waals surface area contributed by atoms with Crippen molar-refractivity contribution in [2.45, 2.75) is 32.6 Å². The van der Waals surface area contributed by atoms with E-state index in [1.807, 2.05) is 60.4 Å². The van der Waals surface area contributed by atoms with Crippen molar-refractivity contribution in [3.63, 3.8) is 0 Å². The standard InChI is InChI=1S/C20H22N2O2/c1-15-5-4-6-16(13-15)14-19(23)21-17-8-10-18(11-9-17)22-12-3-2-7-20(22)24/h4-6,8-11,13H,2-3,7,12,14H2,1H3,(H,21,23). The van der Waals surface area contributed by atoms with Gasteiger partial charge in [0, 0.05) is 24.3 Å². The number of amides is 2. The van der Waals surface area contributed by atoms with Crippen LogP contribution in [0.15, 0.2) is 48.5 Å². The first kappa shape index (κ1) is 16.2. The van der Waals surface area contributed by atoms with Gasteiger partial charge in [0.2, 0.25) is 11.8 Å². The molecule has 2 aromatic carbocycles. The van der Waals surface area contributed by atoms with E-state index in [9.17, 15) is 9.59 Å². The minimum atomic E-state index is -0.0394. The normalized spacial score (nSPS) is 14.5. The molecule has 4 nitrogen and oxygen atoms in total. The molecule has 0 saturated carbocycles. The molecule has 0 aromatic heterocycles. The van der Waals surface area contributed by atoms with Crippen molar-refractivity contribution in [3.8, 4) is 0 Å². The lowest BCUT2D eigenvalue weighted by Crippen LogP contribution is -2.35. The van der Waals surface area contributed by atoms with E-state index < -0.39 is 0 Å². The van der Waals surface area contributed by atoms with Crippen LogP contribution in [0.25, 0.3) is 0 Å². The van der Waals surface area contributed by atoms with E-state index in [0.29, 0.717) is 12.8 Å². The number of anilines is 2. The third kappa shape index (κ3) is 4.02. The van der Waals surface area contributed by atoms with Gasteiger partial charge >= 0.3 is 0 Å². The lowest BCUT2D eigenvalue weighted by Gasteiger charge is -2.26. The van der Waals surface area contributed by atoms with Gasteiger partial charge in [-0.3, -0.25) is 9.59 Å². The summed E-state index contributed by atoms with van der Waals surface area (Å²) in [5, 5.41) is 2.91. The zero-order chi connectivity index (χ0) is 16.9. The van der Waals surface area contributed by atoms with Gasteiger partial charge in [0.25, 0.3) is 0 Å². The van der Waals surface area contributed by atoms with Crippen LogP contribution in [-0.2, 0) is 16.0 Å². The summed E-state index contributed by atoms with van der Waals surface area (Å²) in [6, 6.07) is 15.4. The first-order chi connectivity index (χ1) is 11.6. The van der Waals surface area contributed by atoms with Gasteiger partial charge in [0.05, 0.1) is 6.42 Å². The zero-order valence-electron chi connectivity index (χ0n) is 13.9. The molecule has 0 bridgehead atoms. The topological polar surface area (TPSA) is 49.4 Å². The molecule has 4 heteroatoms. The Kier molecular flexibility index (Phi) is 4.94. The number of hydrogen-bond acceptors (Lipinski definition) is 2. The molecule has 0 radical (unpaired) electrons. The summed E-state index contributed by atoms with van der Waals surface area (Å²) in [4.78, 5) is 25.9. The smallest absolute Gasteiger partial charge is 0.228 e. The van der Waals surface area contributed by atoms with E-state index in [4.69, 9.17) is 0 Å². The largest absolute Gasteiger partial charge is 0.326 e. The van der Waals surface area contributed by atoms with Crippen LogP contribution >= 0.6 is 0 Å². The molecule has 1 saturated heterocycles. The van der Waals surface area contributed by atoms with Crippen LogP contribution in [0.5, 0.6) is 0 Å². The molecule has 124 valence electrons. The van der Waals surface area contributed by atoms with E-state index in [0.717, 1.165) is 41.9 Å². The third-order valence-electron chi connectivity index (χ3n) is 4.23. The monoisotopic (exact) mass is 322 g/mol. The Morgan fingerprint density at radius 3 is 2.62 bits per heavy atom. The maximum atomic E-state index is 12.2. The number of nitrogens with zero attached hydrogens (tertiary/aromatic N) is 1. The number of benzene rings is 2. The summed E-state index contributed by atoms with van der Waals surface area (Å²) in [6.45, 7) is 2.79. The fourth-order valence-electron chi connectivity index (χ4n) is 3.02. The summed E-state index contributed by atoms with van der Waals surface area (Å²) in [5.74, 6) is 0.139. The Labute approximate surface area is 142 Å². The molecule has 1 aliphatic rings. The summed E-state index contributed by atoms with van der Waals surface area (Å²) < 4.78 is 0. The molecule has 2 aromatic rings. The van der Waals surface area contributed by atoms with Crippen LogP contribution in [-0.4, -0.2) is 18.4 Å². The third-order valence-corrected chi connectivity index (χ3v) is 4.23. The molecule has 1 heterocycles. The number of rotatable bonds is 4. The van der Waals surface area contributed by atoms with Gasteiger partial charge in [-0.25, -0.2) is 0 Å².